The summed E-state index contributed by atoms with van der Waals surface area (Å²) in [6.07, 6.45) is 0. The van der Waals surface area contributed by atoms with E-state index in [2.05, 4.69) is 0 Å². The van der Waals surface area contributed by atoms with Gasteiger partial charge in [-0.3, -0.25) is 0 Å². The van der Waals surface area contributed by atoms with Crippen molar-refractivity contribution in [3.05, 3.63) is 84.9 Å². The van der Waals surface area contributed by atoms with E-state index in [4.69, 9.17) is 9.47 Å². The molecule has 0 amide bonds. The Hall–Kier alpha value is -3.66. The summed E-state index contributed by atoms with van der Waals surface area (Å²) in [7, 11) is 0. The molecule has 4 heteroatoms. The Morgan fingerprint density at radius 3 is 1.31 bits per heavy atom. The van der Waals surface area contributed by atoms with Gasteiger partial charge in [0.25, 0.3) is 0 Å². The Balaban J connectivity index is 1.48. The van der Waals surface area contributed by atoms with Crippen LogP contribution in [-0.4, -0.2) is 11.9 Å². The summed E-state index contributed by atoms with van der Waals surface area (Å²) < 4.78 is 10.3. The molecule has 4 nitrogen and oxygen atoms in total. The van der Waals surface area contributed by atoms with E-state index in [-0.39, 0.29) is 0 Å². The molecule has 0 N–H and O–H groups in total. The maximum Gasteiger partial charge on any atom is 0.423 e. The third-order valence-corrected chi connectivity index (χ3v) is 4.03. The molecule has 0 aromatic heterocycles. The van der Waals surface area contributed by atoms with Gasteiger partial charge >= 0.3 is 11.9 Å². The second kappa shape index (κ2) is 6.69. The van der Waals surface area contributed by atoms with Crippen molar-refractivity contribution in [2.75, 3.05) is 0 Å². The number of hydrogen-bond acceptors (Lipinski definition) is 4. The van der Waals surface area contributed by atoms with Crippen molar-refractivity contribution >= 4 is 33.5 Å². The fourth-order valence-electron chi connectivity index (χ4n) is 2.76. The summed E-state index contributed by atoms with van der Waals surface area (Å²) in [5.41, 5.74) is 0. The summed E-state index contributed by atoms with van der Waals surface area (Å²) >= 11 is 0. The summed E-state index contributed by atoms with van der Waals surface area (Å²) in [6, 6.07) is 25.7. The molecule has 4 aromatic carbocycles. The molecule has 0 bridgehead atoms. The molecule has 0 saturated heterocycles. The van der Waals surface area contributed by atoms with Gasteiger partial charge in [-0.25, -0.2) is 9.59 Å². The second-order valence-electron chi connectivity index (χ2n) is 5.80. The van der Waals surface area contributed by atoms with Crippen molar-refractivity contribution in [2.45, 2.75) is 0 Å². The molecule has 0 aliphatic rings. The second-order valence-corrected chi connectivity index (χ2v) is 5.80. The average molecular weight is 342 g/mol. The van der Waals surface area contributed by atoms with E-state index >= 15 is 0 Å². The van der Waals surface area contributed by atoms with Crippen molar-refractivity contribution < 1.29 is 19.1 Å². The van der Waals surface area contributed by atoms with Gasteiger partial charge in [-0.05, 0) is 45.8 Å². The Morgan fingerprint density at radius 1 is 0.500 bits per heavy atom. The van der Waals surface area contributed by atoms with E-state index in [1.54, 1.807) is 24.3 Å². The van der Waals surface area contributed by atoms with Crippen LogP contribution in [0.4, 0.5) is 0 Å². The maximum absolute atomic E-state index is 12.0. The lowest BCUT2D eigenvalue weighted by atomic mass is 10.1. The molecule has 0 atom stereocenters. The fourth-order valence-corrected chi connectivity index (χ4v) is 2.76. The van der Waals surface area contributed by atoms with E-state index in [0.717, 1.165) is 21.5 Å². The van der Waals surface area contributed by atoms with Crippen molar-refractivity contribution in [1.29, 1.82) is 0 Å². The number of rotatable bonds is 2. The monoisotopic (exact) mass is 342 g/mol. The molecule has 4 rings (SSSR count). The van der Waals surface area contributed by atoms with Crippen LogP contribution in [-0.2, 0) is 9.59 Å². The minimum Gasteiger partial charge on any atom is -0.418 e. The summed E-state index contributed by atoms with van der Waals surface area (Å²) in [6.45, 7) is 0. The minimum atomic E-state index is -1.06. The molecule has 0 heterocycles. The topological polar surface area (TPSA) is 52.6 Å². The first-order valence-electron chi connectivity index (χ1n) is 8.11. The predicted octanol–water partition coefficient (Wildman–Crippen LogP) is 4.50. The minimum absolute atomic E-state index is 0.296. The number of esters is 2. The number of ether oxygens (including phenoxy) is 2. The Morgan fingerprint density at radius 2 is 0.885 bits per heavy atom. The highest BCUT2D eigenvalue weighted by molar-refractivity contribution is 6.31. The van der Waals surface area contributed by atoms with Crippen LogP contribution in [0.3, 0.4) is 0 Å². The van der Waals surface area contributed by atoms with Crippen LogP contribution in [0.2, 0.25) is 0 Å². The van der Waals surface area contributed by atoms with E-state index in [1.165, 1.54) is 0 Å². The molecule has 0 unspecified atom stereocenters. The van der Waals surface area contributed by atoms with E-state index in [0.29, 0.717) is 11.5 Å². The Labute approximate surface area is 149 Å². The SMILES string of the molecule is O=C(Oc1ccc2ccccc2c1)C(=O)Oc1ccc2ccccc2c1. The normalized spacial score (nSPS) is 10.6. The molecular formula is C22H14O4. The molecule has 126 valence electrons. The lowest BCUT2D eigenvalue weighted by Gasteiger charge is -2.07. The molecule has 0 saturated carbocycles. The maximum atomic E-state index is 12.0. The summed E-state index contributed by atoms with van der Waals surface area (Å²) in [4.78, 5) is 24.0. The summed E-state index contributed by atoms with van der Waals surface area (Å²) in [5, 5.41) is 3.87. The lowest BCUT2D eigenvalue weighted by Crippen LogP contribution is -2.25. The van der Waals surface area contributed by atoms with Gasteiger partial charge in [0.15, 0.2) is 0 Å². The van der Waals surface area contributed by atoms with Gasteiger partial charge in [0.1, 0.15) is 11.5 Å². The van der Waals surface area contributed by atoms with Gasteiger partial charge in [0, 0.05) is 0 Å². The largest absolute Gasteiger partial charge is 0.423 e. The molecule has 0 fully saturated rings. The molecule has 4 aromatic rings. The van der Waals surface area contributed by atoms with Crippen molar-refractivity contribution in [1.82, 2.24) is 0 Å². The smallest absolute Gasteiger partial charge is 0.418 e. The van der Waals surface area contributed by atoms with Gasteiger partial charge in [-0.1, -0.05) is 60.7 Å². The first-order valence-corrected chi connectivity index (χ1v) is 8.11. The van der Waals surface area contributed by atoms with Crippen molar-refractivity contribution in [3.63, 3.8) is 0 Å². The van der Waals surface area contributed by atoms with E-state index < -0.39 is 11.9 Å². The third kappa shape index (κ3) is 3.26. The van der Waals surface area contributed by atoms with Gasteiger partial charge in [-0.2, -0.15) is 0 Å². The lowest BCUT2D eigenvalue weighted by molar-refractivity contribution is -0.156. The number of fused-ring (bicyclic) bond motifs is 2. The number of hydrogen-bond donors (Lipinski definition) is 0. The van der Waals surface area contributed by atoms with E-state index in [9.17, 15) is 9.59 Å². The fraction of sp³-hybridized carbons (Fsp3) is 0. The van der Waals surface area contributed by atoms with Crippen LogP contribution in [0.5, 0.6) is 11.5 Å². The van der Waals surface area contributed by atoms with Gasteiger partial charge in [-0.15, -0.1) is 0 Å². The Kier molecular flexibility index (Phi) is 4.07. The first-order chi connectivity index (χ1) is 12.7. The van der Waals surface area contributed by atoms with Crippen molar-refractivity contribution in [2.24, 2.45) is 0 Å². The zero-order valence-electron chi connectivity index (χ0n) is 13.7. The predicted molar refractivity (Wildman–Crippen MR) is 99.2 cm³/mol. The van der Waals surface area contributed by atoms with Crippen LogP contribution in [0.15, 0.2) is 84.9 Å². The molecule has 0 spiro atoms. The van der Waals surface area contributed by atoms with Gasteiger partial charge in [0.2, 0.25) is 0 Å². The number of carbonyl (C=O) groups is 2. The van der Waals surface area contributed by atoms with Crippen LogP contribution in [0.1, 0.15) is 0 Å². The molecule has 0 aliphatic carbocycles. The highest BCUT2D eigenvalue weighted by atomic mass is 16.6. The third-order valence-electron chi connectivity index (χ3n) is 4.03. The van der Waals surface area contributed by atoms with Crippen molar-refractivity contribution in [3.8, 4) is 11.5 Å². The highest BCUT2D eigenvalue weighted by Crippen LogP contribution is 2.22. The summed E-state index contributed by atoms with van der Waals surface area (Å²) in [5.74, 6) is -1.53. The van der Waals surface area contributed by atoms with E-state index in [1.807, 2.05) is 60.7 Å². The molecule has 0 radical (unpaired) electrons. The quantitative estimate of drug-likeness (QED) is 0.306. The standard InChI is InChI=1S/C22H14O4/c23-21(25-19-11-9-15-5-1-3-7-17(15)13-19)22(24)26-20-12-10-16-6-2-4-8-18(16)14-20/h1-14H. The van der Waals surface area contributed by atoms with Crippen LogP contribution in [0, 0.1) is 0 Å². The van der Waals surface area contributed by atoms with Gasteiger partial charge < -0.3 is 9.47 Å². The molecular weight excluding hydrogens is 328 g/mol. The number of carbonyl (C=O) groups excluding carboxylic acids is 2. The van der Waals surface area contributed by atoms with Gasteiger partial charge in [0.05, 0.1) is 0 Å². The van der Waals surface area contributed by atoms with Crippen LogP contribution in [0.25, 0.3) is 21.5 Å². The van der Waals surface area contributed by atoms with Crippen LogP contribution < -0.4 is 9.47 Å². The Bertz CT molecular complexity index is 1040. The van der Waals surface area contributed by atoms with Crippen LogP contribution >= 0.6 is 0 Å². The molecule has 26 heavy (non-hydrogen) atoms. The zero-order valence-corrected chi connectivity index (χ0v) is 13.7. The average Bonchev–Trinajstić information content (AvgIpc) is 2.67. The first kappa shape index (κ1) is 15.8. The number of benzene rings is 4. The zero-order chi connectivity index (χ0) is 17.9. The molecule has 0 aliphatic heterocycles. The highest BCUT2D eigenvalue weighted by Gasteiger charge is 2.19.